The quantitative estimate of drug-likeness (QED) is 0.506. The number of hydrogen-bond donors (Lipinski definition) is 2. The minimum Gasteiger partial charge on any atom is -0.396 e. The molecular formula is C24H33ClN2O3S. The fourth-order valence-electron chi connectivity index (χ4n) is 4.24. The summed E-state index contributed by atoms with van der Waals surface area (Å²) >= 11 is 5.90. The summed E-state index contributed by atoms with van der Waals surface area (Å²) in [4.78, 5) is 0.294. The van der Waals surface area contributed by atoms with E-state index >= 15 is 0 Å². The molecule has 5 nitrogen and oxygen atoms in total. The fraction of sp³-hybridized carbons (Fsp3) is 0.500. The number of halogens is 1. The topological polar surface area (TPSA) is 69.6 Å². The first kappa shape index (κ1) is 24.2. The number of benzene rings is 2. The maximum Gasteiger partial charge on any atom is 0.243 e. The Morgan fingerprint density at radius 3 is 2.26 bits per heavy atom. The molecule has 1 aliphatic rings. The Bertz CT molecular complexity index is 909. The molecule has 0 aromatic heterocycles. The molecule has 1 saturated carbocycles. The summed E-state index contributed by atoms with van der Waals surface area (Å²) in [5, 5.41) is 12.8. The van der Waals surface area contributed by atoms with Gasteiger partial charge in [0.2, 0.25) is 10.0 Å². The van der Waals surface area contributed by atoms with Gasteiger partial charge in [0, 0.05) is 31.3 Å². The van der Waals surface area contributed by atoms with Crippen LogP contribution in [-0.2, 0) is 16.6 Å². The lowest BCUT2D eigenvalue weighted by Gasteiger charge is -2.34. The molecule has 0 unspecified atom stereocenters. The first-order chi connectivity index (χ1) is 14.9. The standard InChI is InChI=1S/C24H33ClN2O3S/c1-27(31(29,30)24-14-10-22(25)11-15-24)23-12-8-21(9-13-23)20-6-4-19(5-7-20)18-26-16-2-3-17-28/h4-7,10-11,14-15,21,23,26,28H,2-3,8-9,12-13,16-18H2,1H3. The second-order valence-corrected chi connectivity index (χ2v) is 10.8. The predicted molar refractivity (Wildman–Crippen MR) is 126 cm³/mol. The van der Waals surface area contributed by atoms with Gasteiger partial charge < -0.3 is 10.4 Å². The van der Waals surface area contributed by atoms with Gasteiger partial charge in [-0.3, -0.25) is 0 Å². The molecule has 0 amide bonds. The summed E-state index contributed by atoms with van der Waals surface area (Å²) in [6.07, 6.45) is 5.53. The number of nitrogens with zero attached hydrogens (tertiary/aromatic N) is 1. The summed E-state index contributed by atoms with van der Waals surface area (Å²) in [6, 6.07) is 15.2. The highest BCUT2D eigenvalue weighted by molar-refractivity contribution is 7.89. The van der Waals surface area contributed by atoms with Gasteiger partial charge in [-0.25, -0.2) is 8.42 Å². The molecule has 7 heteroatoms. The Hall–Kier alpha value is -1.44. The maximum absolute atomic E-state index is 12.9. The molecule has 0 spiro atoms. The third-order valence-corrected chi connectivity index (χ3v) is 8.42. The molecule has 1 aliphatic carbocycles. The SMILES string of the molecule is CN(C1CCC(c2ccc(CNCCCCO)cc2)CC1)S(=O)(=O)c1ccc(Cl)cc1. The van der Waals surface area contributed by atoms with E-state index in [1.807, 2.05) is 0 Å². The van der Waals surface area contributed by atoms with Gasteiger partial charge in [0.25, 0.3) is 0 Å². The second kappa shape index (κ2) is 11.4. The molecule has 0 saturated heterocycles. The third kappa shape index (κ3) is 6.53. The van der Waals surface area contributed by atoms with Crippen LogP contribution in [0, 0.1) is 0 Å². The molecule has 0 atom stereocenters. The Morgan fingerprint density at radius 2 is 1.65 bits per heavy atom. The Kier molecular flexibility index (Phi) is 8.93. The average molecular weight is 465 g/mol. The Morgan fingerprint density at radius 1 is 1.00 bits per heavy atom. The highest BCUT2D eigenvalue weighted by Crippen LogP contribution is 2.36. The number of nitrogens with one attached hydrogen (secondary N) is 1. The molecule has 3 rings (SSSR count). The Labute approximate surface area is 191 Å². The minimum atomic E-state index is -3.50. The van der Waals surface area contributed by atoms with Gasteiger partial charge in [0.05, 0.1) is 4.90 Å². The molecule has 2 N–H and O–H groups in total. The van der Waals surface area contributed by atoms with Crippen molar-refractivity contribution in [1.82, 2.24) is 9.62 Å². The van der Waals surface area contributed by atoms with E-state index < -0.39 is 10.0 Å². The molecule has 0 radical (unpaired) electrons. The molecule has 31 heavy (non-hydrogen) atoms. The van der Waals surface area contributed by atoms with Crippen LogP contribution in [0.1, 0.15) is 55.6 Å². The van der Waals surface area contributed by atoms with Crippen molar-refractivity contribution in [2.75, 3.05) is 20.2 Å². The first-order valence-electron chi connectivity index (χ1n) is 11.1. The van der Waals surface area contributed by atoms with Crippen LogP contribution in [0.5, 0.6) is 0 Å². The summed E-state index contributed by atoms with van der Waals surface area (Å²) < 4.78 is 27.4. The van der Waals surface area contributed by atoms with Gasteiger partial charge in [0.1, 0.15) is 0 Å². The van der Waals surface area contributed by atoms with Crippen LogP contribution in [0.3, 0.4) is 0 Å². The van der Waals surface area contributed by atoms with Crippen molar-refractivity contribution in [2.45, 2.75) is 61.9 Å². The van der Waals surface area contributed by atoms with Gasteiger partial charge in [0.15, 0.2) is 0 Å². The maximum atomic E-state index is 12.9. The second-order valence-electron chi connectivity index (χ2n) is 8.33. The molecule has 1 fully saturated rings. The van der Waals surface area contributed by atoms with E-state index in [9.17, 15) is 8.42 Å². The van der Waals surface area contributed by atoms with Gasteiger partial charge in [-0.15, -0.1) is 0 Å². The number of aliphatic hydroxyl groups excluding tert-OH is 1. The van der Waals surface area contributed by atoms with Gasteiger partial charge in [-0.05, 0) is 86.4 Å². The van der Waals surface area contributed by atoms with E-state index in [1.54, 1.807) is 31.3 Å². The van der Waals surface area contributed by atoms with E-state index in [4.69, 9.17) is 16.7 Å². The summed E-state index contributed by atoms with van der Waals surface area (Å²) in [6.45, 7) is 2.01. The molecule has 2 aromatic carbocycles. The Balaban J connectivity index is 1.51. The third-order valence-electron chi connectivity index (χ3n) is 6.24. The van der Waals surface area contributed by atoms with Crippen molar-refractivity contribution in [3.05, 3.63) is 64.7 Å². The van der Waals surface area contributed by atoms with Crippen molar-refractivity contribution in [1.29, 1.82) is 0 Å². The van der Waals surface area contributed by atoms with Crippen LogP contribution in [0.25, 0.3) is 0 Å². The highest BCUT2D eigenvalue weighted by Gasteiger charge is 2.31. The smallest absolute Gasteiger partial charge is 0.243 e. The van der Waals surface area contributed by atoms with Crippen molar-refractivity contribution in [2.24, 2.45) is 0 Å². The van der Waals surface area contributed by atoms with Crippen molar-refractivity contribution >= 4 is 21.6 Å². The number of sulfonamides is 1. The average Bonchev–Trinajstić information content (AvgIpc) is 2.79. The largest absolute Gasteiger partial charge is 0.396 e. The predicted octanol–water partition coefficient (Wildman–Crippen LogP) is 4.55. The summed E-state index contributed by atoms with van der Waals surface area (Å²) in [5.74, 6) is 0.481. The van der Waals surface area contributed by atoms with E-state index in [-0.39, 0.29) is 12.6 Å². The zero-order chi connectivity index (χ0) is 22.3. The highest BCUT2D eigenvalue weighted by atomic mass is 35.5. The lowest BCUT2D eigenvalue weighted by atomic mass is 9.81. The van der Waals surface area contributed by atoms with E-state index in [2.05, 4.69) is 29.6 Å². The zero-order valence-corrected chi connectivity index (χ0v) is 19.7. The fourth-order valence-corrected chi connectivity index (χ4v) is 5.79. The van der Waals surface area contributed by atoms with Crippen LogP contribution in [0.4, 0.5) is 0 Å². The van der Waals surface area contributed by atoms with Gasteiger partial charge in [-0.1, -0.05) is 35.9 Å². The molecule has 0 heterocycles. The van der Waals surface area contributed by atoms with E-state index in [0.717, 1.165) is 51.6 Å². The molecule has 170 valence electrons. The molecule has 0 bridgehead atoms. The van der Waals surface area contributed by atoms with Crippen molar-refractivity contribution in [3.8, 4) is 0 Å². The van der Waals surface area contributed by atoms with Crippen molar-refractivity contribution in [3.63, 3.8) is 0 Å². The monoisotopic (exact) mass is 464 g/mol. The van der Waals surface area contributed by atoms with Gasteiger partial charge in [-0.2, -0.15) is 4.31 Å². The van der Waals surface area contributed by atoms with Crippen LogP contribution in [-0.4, -0.2) is 44.1 Å². The van der Waals surface area contributed by atoms with E-state index in [1.165, 1.54) is 15.4 Å². The number of hydrogen-bond acceptors (Lipinski definition) is 4. The number of aliphatic hydroxyl groups is 1. The zero-order valence-electron chi connectivity index (χ0n) is 18.1. The molecule has 0 aliphatic heterocycles. The number of unbranched alkanes of at least 4 members (excludes halogenated alkanes) is 1. The van der Waals surface area contributed by atoms with Crippen LogP contribution in [0.15, 0.2) is 53.4 Å². The minimum absolute atomic E-state index is 0.0272. The van der Waals surface area contributed by atoms with Crippen molar-refractivity contribution < 1.29 is 13.5 Å². The normalized spacial score (nSPS) is 19.6. The summed E-state index contributed by atoms with van der Waals surface area (Å²) in [5.41, 5.74) is 2.60. The van der Waals surface area contributed by atoms with Crippen LogP contribution >= 0.6 is 11.6 Å². The van der Waals surface area contributed by atoms with E-state index in [0.29, 0.717) is 15.8 Å². The molecular weight excluding hydrogens is 432 g/mol. The number of rotatable bonds is 10. The van der Waals surface area contributed by atoms with Crippen LogP contribution in [0.2, 0.25) is 5.02 Å². The lowest BCUT2D eigenvalue weighted by molar-refractivity contribution is 0.268. The first-order valence-corrected chi connectivity index (χ1v) is 12.9. The summed E-state index contributed by atoms with van der Waals surface area (Å²) in [7, 11) is -1.81. The lowest BCUT2D eigenvalue weighted by Crippen LogP contribution is -2.39. The van der Waals surface area contributed by atoms with Crippen LogP contribution < -0.4 is 5.32 Å². The van der Waals surface area contributed by atoms with Gasteiger partial charge >= 0.3 is 0 Å². The molecule has 2 aromatic rings.